The zero-order chi connectivity index (χ0) is 19.4. The number of amides is 1. The predicted molar refractivity (Wildman–Crippen MR) is 103 cm³/mol. The maximum atomic E-state index is 13.2. The number of hydrogen-bond donors (Lipinski definition) is 0. The molecule has 0 bridgehead atoms. The van der Waals surface area contributed by atoms with E-state index in [0.29, 0.717) is 31.7 Å². The van der Waals surface area contributed by atoms with Crippen molar-refractivity contribution in [3.63, 3.8) is 0 Å². The molecule has 6 nitrogen and oxygen atoms in total. The van der Waals surface area contributed by atoms with Gasteiger partial charge in [-0.2, -0.15) is 5.10 Å². The number of esters is 1. The largest absolute Gasteiger partial charge is 0.466 e. The Morgan fingerprint density at radius 2 is 2.04 bits per heavy atom. The van der Waals surface area contributed by atoms with E-state index in [9.17, 15) is 9.59 Å². The third-order valence-electron chi connectivity index (χ3n) is 5.11. The van der Waals surface area contributed by atoms with Gasteiger partial charge in [0.15, 0.2) is 0 Å². The molecule has 1 aliphatic heterocycles. The fourth-order valence-electron chi connectivity index (χ4n) is 3.69. The molecule has 1 aromatic carbocycles. The van der Waals surface area contributed by atoms with Gasteiger partial charge in [0.1, 0.15) is 0 Å². The fourth-order valence-corrected chi connectivity index (χ4v) is 3.69. The summed E-state index contributed by atoms with van der Waals surface area (Å²) in [5.74, 6) is -0.499. The van der Waals surface area contributed by atoms with Crippen LogP contribution in [-0.4, -0.2) is 46.3 Å². The van der Waals surface area contributed by atoms with Gasteiger partial charge in [-0.1, -0.05) is 25.1 Å². The third-order valence-corrected chi connectivity index (χ3v) is 5.11. The average Bonchev–Trinajstić information content (AvgIpc) is 3.11. The lowest BCUT2D eigenvalue weighted by Gasteiger charge is -2.31. The Morgan fingerprint density at radius 1 is 1.26 bits per heavy atom. The molecule has 1 atom stereocenters. The summed E-state index contributed by atoms with van der Waals surface area (Å²) in [5, 5.41) is 4.50. The van der Waals surface area contributed by atoms with Crippen molar-refractivity contribution >= 4 is 11.9 Å². The van der Waals surface area contributed by atoms with E-state index in [4.69, 9.17) is 4.74 Å². The minimum Gasteiger partial charge on any atom is -0.466 e. The summed E-state index contributed by atoms with van der Waals surface area (Å²) in [6, 6.07) is 8.00. The third kappa shape index (κ3) is 3.89. The van der Waals surface area contributed by atoms with Crippen LogP contribution < -0.4 is 0 Å². The molecule has 1 amide bonds. The van der Waals surface area contributed by atoms with E-state index in [0.717, 1.165) is 29.8 Å². The molecule has 2 heterocycles. The quantitative estimate of drug-likeness (QED) is 0.760. The molecule has 0 saturated carbocycles. The molecule has 1 saturated heterocycles. The highest BCUT2D eigenvalue weighted by atomic mass is 16.5. The van der Waals surface area contributed by atoms with E-state index >= 15 is 0 Å². The maximum absolute atomic E-state index is 13.2. The Morgan fingerprint density at radius 3 is 2.74 bits per heavy atom. The summed E-state index contributed by atoms with van der Waals surface area (Å²) in [4.78, 5) is 27.0. The highest BCUT2D eigenvalue weighted by Gasteiger charge is 2.31. The van der Waals surface area contributed by atoms with Gasteiger partial charge in [-0.15, -0.1) is 0 Å². The van der Waals surface area contributed by atoms with Crippen molar-refractivity contribution in [2.75, 3.05) is 19.7 Å². The number of para-hydroxylation sites is 1. The van der Waals surface area contributed by atoms with Crippen LogP contribution in [0, 0.1) is 12.8 Å². The number of benzene rings is 1. The van der Waals surface area contributed by atoms with E-state index in [-0.39, 0.29) is 17.8 Å². The Labute approximate surface area is 160 Å². The van der Waals surface area contributed by atoms with Crippen LogP contribution >= 0.6 is 0 Å². The first-order valence-electron chi connectivity index (χ1n) is 9.65. The number of carbonyl (C=O) groups excluding carboxylic acids is 2. The normalized spacial score (nSPS) is 17.0. The Kier molecular flexibility index (Phi) is 5.94. The second-order valence-electron chi connectivity index (χ2n) is 6.90. The summed E-state index contributed by atoms with van der Waals surface area (Å²) >= 11 is 0. The number of hydrogen-bond acceptors (Lipinski definition) is 4. The summed E-state index contributed by atoms with van der Waals surface area (Å²) < 4.78 is 7.00. The van der Waals surface area contributed by atoms with E-state index in [1.54, 1.807) is 18.0 Å². The molecule has 0 unspecified atom stereocenters. The highest BCUT2D eigenvalue weighted by molar-refractivity contribution is 5.95. The van der Waals surface area contributed by atoms with Crippen molar-refractivity contribution in [1.82, 2.24) is 14.7 Å². The summed E-state index contributed by atoms with van der Waals surface area (Å²) in [6.07, 6.45) is 3.93. The van der Waals surface area contributed by atoms with E-state index < -0.39 is 0 Å². The zero-order valence-corrected chi connectivity index (χ0v) is 16.3. The van der Waals surface area contributed by atoms with E-state index in [1.807, 2.05) is 42.8 Å². The van der Waals surface area contributed by atoms with Crippen LogP contribution in [-0.2, 0) is 16.0 Å². The van der Waals surface area contributed by atoms with Crippen molar-refractivity contribution in [2.24, 2.45) is 5.92 Å². The van der Waals surface area contributed by atoms with Crippen LogP contribution in [0.5, 0.6) is 0 Å². The molecular weight excluding hydrogens is 342 g/mol. The average molecular weight is 369 g/mol. The topological polar surface area (TPSA) is 64.4 Å². The lowest BCUT2D eigenvalue weighted by molar-refractivity contribution is -0.149. The SMILES string of the molecule is CCOC(=O)[C@@H]1CCCN(C(=O)c2cnn(-c3ccccc3C)c2CC)C1. The number of aryl methyl sites for hydroxylation is 1. The standard InChI is InChI=1S/C21H27N3O3/c1-4-18-17(13-22-24(18)19-11-7-6-9-15(19)3)20(25)23-12-8-10-16(14-23)21(26)27-5-2/h6-7,9,11,13,16H,4-5,8,10,12,14H2,1-3H3/t16-/m1/s1. The van der Waals surface area contributed by atoms with Gasteiger partial charge in [0.25, 0.3) is 5.91 Å². The summed E-state index contributed by atoms with van der Waals surface area (Å²) in [7, 11) is 0. The first-order valence-corrected chi connectivity index (χ1v) is 9.65. The van der Waals surface area contributed by atoms with Crippen LogP contribution in [0.25, 0.3) is 5.69 Å². The van der Waals surface area contributed by atoms with Crippen LogP contribution in [0.15, 0.2) is 30.5 Å². The molecule has 1 fully saturated rings. The fraction of sp³-hybridized carbons (Fsp3) is 0.476. The smallest absolute Gasteiger partial charge is 0.310 e. The van der Waals surface area contributed by atoms with Gasteiger partial charge in [0.2, 0.25) is 0 Å². The Bertz CT molecular complexity index is 828. The van der Waals surface area contributed by atoms with Gasteiger partial charge >= 0.3 is 5.97 Å². The molecule has 3 rings (SSSR count). The number of nitrogens with zero attached hydrogens (tertiary/aromatic N) is 3. The van der Waals surface area contributed by atoms with Crippen LogP contribution in [0.3, 0.4) is 0 Å². The number of carbonyl (C=O) groups is 2. The highest BCUT2D eigenvalue weighted by Crippen LogP contribution is 2.23. The number of ether oxygens (including phenoxy) is 1. The second-order valence-corrected chi connectivity index (χ2v) is 6.90. The molecule has 1 aromatic heterocycles. The Hall–Kier alpha value is -2.63. The van der Waals surface area contributed by atoms with Crippen molar-refractivity contribution in [1.29, 1.82) is 0 Å². The number of piperidine rings is 1. The number of aromatic nitrogens is 2. The molecule has 1 aliphatic rings. The minimum absolute atomic E-state index is 0.0549. The van der Waals surface area contributed by atoms with Crippen molar-refractivity contribution in [3.8, 4) is 5.69 Å². The van der Waals surface area contributed by atoms with Gasteiger partial charge in [-0.25, -0.2) is 4.68 Å². The predicted octanol–water partition coefficient (Wildman–Crippen LogP) is 3.16. The van der Waals surface area contributed by atoms with Crippen molar-refractivity contribution in [3.05, 3.63) is 47.3 Å². The van der Waals surface area contributed by atoms with Crippen molar-refractivity contribution in [2.45, 2.75) is 40.0 Å². The second kappa shape index (κ2) is 8.37. The van der Waals surface area contributed by atoms with Crippen LogP contribution in [0.1, 0.15) is 48.3 Å². The molecule has 144 valence electrons. The van der Waals surface area contributed by atoms with Crippen LogP contribution in [0.4, 0.5) is 0 Å². The van der Waals surface area contributed by atoms with Crippen molar-refractivity contribution < 1.29 is 14.3 Å². The number of rotatable bonds is 5. The first kappa shape index (κ1) is 19.1. The maximum Gasteiger partial charge on any atom is 0.310 e. The van der Waals surface area contributed by atoms with Gasteiger partial charge in [0.05, 0.1) is 35.7 Å². The monoisotopic (exact) mass is 369 g/mol. The summed E-state index contributed by atoms with van der Waals surface area (Å²) in [6.45, 7) is 7.31. The van der Waals surface area contributed by atoms with Gasteiger partial charge in [-0.3, -0.25) is 9.59 Å². The molecule has 0 aliphatic carbocycles. The van der Waals surface area contributed by atoms with Gasteiger partial charge in [0, 0.05) is 13.1 Å². The van der Waals surface area contributed by atoms with Gasteiger partial charge in [-0.05, 0) is 44.7 Å². The number of likely N-dealkylation sites (tertiary alicyclic amines) is 1. The molecule has 6 heteroatoms. The lowest BCUT2D eigenvalue weighted by atomic mass is 9.97. The zero-order valence-electron chi connectivity index (χ0n) is 16.3. The first-order chi connectivity index (χ1) is 13.1. The molecule has 27 heavy (non-hydrogen) atoms. The molecule has 2 aromatic rings. The molecule has 0 spiro atoms. The Balaban J connectivity index is 1.85. The minimum atomic E-state index is -0.237. The molecule has 0 radical (unpaired) electrons. The molecular formula is C21H27N3O3. The molecule has 0 N–H and O–H groups in total. The van der Waals surface area contributed by atoms with E-state index in [1.165, 1.54) is 0 Å². The van der Waals surface area contributed by atoms with E-state index in [2.05, 4.69) is 5.10 Å². The van der Waals surface area contributed by atoms with Gasteiger partial charge < -0.3 is 9.64 Å². The van der Waals surface area contributed by atoms with Crippen LogP contribution in [0.2, 0.25) is 0 Å². The summed E-state index contributed by atoms with van der Waals surface area (Å²) in [5.41, 5.74) is 3.60. The lowest BCUT2D eigenvalue weighted by Crippen LogP contribution is -2.43.